The van der Waals surface area contributed by atoms with E-state index in [1.807, 2.05) is 6.07 Å². The lowest BCUT2D eigenvalue weighted by atomic mass is 10.2. The maximum Gasteiger partial charge on any atom is 0.220 e. The van der Waals surface area contributed by atoms with Crippen LogP contribution in [-0.4, -0.2) is 50.6 Å². The zero-order chi connectivity index (χ0) is 19.3. The smallest absolute Gasteiger partial charge is 0.220 e. The van der Waals surface area contributed by atoms with Crippen molar-refractivity contribution < 1.29 is 4.79 Å². The van der Waals surface area contributed by atoms with Crippen LogP contribution in [0.3, 0.4) is 0 Å². The molecule has 1 amide bonds. The SMILES string of the molecule is CCNC(=NCCCN(CC)c1ccccc1)NCCCC(=O)NC1CC1. The molecule has 6 nitrogen and oxygen atoms in total. The van der Waals surface area contributed by atoms with Gasteiger partial charge in [-0.05, 0) is 51.7 Å². The van der Waals surface area contributed by atoms with Gasteiger partial charge in [-0.15, -0.1) is 0 Å². The number of anilines is 1. The molecule has 0 bridgehead atoms. The first-order valence-electron chi connectivity index (χ1n) is 10.3. The molecule has 1 aromatic rings. The van der Waals surface area contributed by atoms with E-state index in [4.69, 9.17) is 0 Å². The molecule has 0 aromatic heterocycles. The van der Waals surface area contributed by atoms with Crippen LogP contribution in [0, 0.1) is 0 Å². The van der Waals surface area contributed by atoms with Crippen molar-refractivity contribution in [3.63, 3.8) is 0 Å². The van der Waals surface area contributed by atoms with E-state index in [9.17, 15) is 4.79 Å². The second-order valence-corrected chi connectivity index (χ2v) is 6.90. The van der Waals surface area contributed by atoms with Crippen LogP contribution >= 0.6 is 0 Å². The van der Waals surface area contributed by atoms with Crippen LogP contribution in [0.1, 0.15) is 46.0 Å². The molecule has 2 rings (SSSR count). The number of hydrogen-bond acceptors (Lipinski definition) is 3. The minimum absolute atomic E-state index is 0.168. The van der Waals surface area contributed by atoms with Crippen molar-refractivity contribution in [3.8, 4) is 0 Å². The second-order valence-electron chi connectivity index (χ2n) is 6.90. The van der Waals surface area contributed by atoms with E-state index < -0.39 is 0 Å². The summed E-state index contributed by atoms with van der Waals surface area (Å²) in [4.78, 5) is 18.7. The molecule has 1 fully saturated rings. The van der Waals surface area contributed by atoms with Crippen molar-refractivity contribution in [2.24, 2.45) is 4.99 Å². The third-order valence-electron chi connectivity index (χ3n) is 4.52. The first-order chi connectivity index (χ1) is 13.2. The van der Waals surface area contributed by atoms with E-state index in [0.717, 1.165) is 64.4 Å². The summed E-state index contributed by atoms with van der Waals surface area (Å²) in [7, 11) is 0. The Bertz CT molecular complexity index is 571. The van der Waals surface area contributed by atoms with Crippen LogP contribution in [0.15, 0.2) is 35.3 Å². The number of nitrogens with zero attached hydrogens (tertiary/aromatic N) is 2. The number of benzene rings is 1. The Morgan fingerprint density at radius 3 is 2.59 bits per heavy atom. The molecule has 0 atom stereocenters. The molecular formula is C21H35N5O. The Morgan fingerprint density at radius 1 is 1.15 bits per heavy atom. The number of aliphatic imine (C=N–C) groups is 1. The van der Waals surface area contributed by atoms with Gasteiger partial charge in [-0.3, -0.25) is 9.79 Å². The summed E-state index contributed by atoms with van der Waals surface area (Å²) in [5, 5.41) is 9.62. The standard InChI is InChI=1S/C21H35N5O/c1-3-22-21(23-15-8-12-20(27)25-18-13-14-18)24-16-9-17-26(4-2)19-10-6-5-7-11-19/h5-7,10-11,18H,3-4,8-9,12-17H2,1-2H3,(H,25,27)(H2,22,23,24). The zero-order valence-electron chi connectivity index (χ0n) is 16.8. The number of nitrogens with one attached hydrogen (secondary N) is 3. The number of guanidine groups is 1. The van der Waals surface area contributed by atoms with Gasteiger partial charge in [0.1, 0.15) is 0 Å². The number of rotatable bonds is 12. The lowest BCUT2D eigenvalue weighted by Gasteiger charge is -2.22. The van der Waals surface area contributed by atoms with E-state index in [-0.39, 0.29) is 5.91 Å². The fraction of sp³-hybridized carbons (Fsp3) is 0.619. The average molecular weight is 374 g/mol. The molecule has 1 saturated carbocycles. The third-order valence-corrected chi connectivity index (χ3v) is 4.52. The highest BCUT2D eigenvalue weighted by Crippen LogP contribution is 2.18. The molecular weight excluding hydrogens is 338 g/mol. The van der Waals surface area contributed by atoms with Gasteiger partial charge in [-0.1, -0.05) is 18.2 Å². The summed E-state index contributed by atoms with van der Waals surface area (Å²) >= 11 is 0. The molecule has 27 heavy (non-hydrogen) atoms. The number of amides is 1. The molecule has 150 valence electrons. The molecule has 1 aromatic carbocycles. The molecule has 6 heteroatoms. The predicted octanol–water partition coefficient (Wildman–Crippen LogP) is 2.52. The normalized spacial score (nSPS) is 13.9. The molecule has 1 aliphatic carbocycles. The fourth-order valence-electron chi connectivity index (χ4n) is 2.89. The van der Waals surface area contributed by atoms with E-state index >= 15 is 0 Å². The number of hydrogen-bond donors (Lipinski definition) is 3. The molecule has 0 saturated heterocycles. The maximum atomic E-state index is 11.7. The zero-order valence-corrected chi connectivity index (χ0v) is 16.8. The molecule has 1 aliphatic rings. The Labute approximate surface area is 163 Å². The number of para-hydroxylation sites is 1. The topological polar surface area (TPSA) is 68.8 Å². The van der Waals surface area contributed by atoms with Crippen molar-refractivity contribution in [2.75, 3.05) is 37.6 Å². The van der Waals surface area contributed by atoms with Gasteiger partial charge in [0.25, 0.3) is 0 Å². The Balaban J connectivity index is 1.65. The molecule has 0 unspecified atom stereocenters. The first-order valence-corrected chi connectivity index (χ1v) is 10.3. The Hall–Kier alpha value is -2.24. The highest BCUT2D eigenvalue weighted by molar-refractivity contribution is 5.80. The lowest BCUT2D eigenvalue weighted by molar-refractivity contribution is -0.121. The highest BCUT2D eigenvalue weighted by Gasteiger charge is 2.22. The number of carbonyl (C=O) groups is 1. The van der Waals surface area contributed by atoms with E-state index in [0.29, 0.717) is 12.5 Å². The van der Waals surface area contributed by atoms with E-state index in [2.05, 4.69) is 64.0 Å². The van der Waals surface area contributed by atoms with Crippen molar-refractivity contribution in [1.29, 1.82) is 0 Å². The fourth-order valence-corrected chi connectivity index (χ4v) is 2.89. The minimum atomic E-state index is 0.168. The van der Waals surface area contributed by atoms with Gasteiger partial charge in [0.05, 0.1) is 0 Å². The average Bonchev–Trinajstić information content (AvgIpc) is 3.49. The van der Waals surface area contributed by atoms with Crippen LogP contribution in [0.2, 0.25) is 0 Å². The van der Waals surface area contributed by atoms with Crippen molar-refractivity contribution in [2.45, 2.75) is 52.0 Å². The molecule has 0 heterocycles. The third kappa shape index (κ3) is 8.80. The maximum absolute atomic E-state index is 11.7. The number of carbonyl (C=O) groups excluding carboxylic acids is 1. The van der Waals surface area contributed by atoms with Crippen LogP contribution in [0.25, 0.3) is 0 Å². The lowest BCUT2D eigenvalue weighted by Crippen LogP contribution is -2.38. The van der Waals surface area contributed by atoms with E-state index in [1.54, 1.807) is 0 Å². The Kier molecular flexibility index (Phi) is 9.52. The first kappa shape index (κ1) is 21.1. The minimum Gasteiger partial charge on any atom is -0.372 e. The van der Waals surface area contributed by atoms with Crippen molar-refractivity contribution in [1.82, 2.24) is 16.0 Å². The van der Waals surface area contributed by atoms with Gasteiger partial charge < -0.3 is 20.9 Å². The van der Waals surface area contributed by atoms with Gasteiger partial charge in [0.2, 0.25) is 5.91 Å². The summed E-state index contributed by atoms with van der Waals surface area (Å²) < 4.78 is 0. The van der Waals surface area contributed by atoms with Crippen LogP contribution in [0.4, 0.5) is 5.69 Å². The van der Waals surface area contributed by atoms with Crippen LogP contribution in [0.5, 0.6) is 0 Å². The summed E-state index contributed by atoms with van der Waals surface area (Å²) in [5.74, 6) is 1.00. The van der Waals surface area contributed by atoms with E-state index in [1.165, 1.54) is 5.69 Å². The molecule has 0 spiro atoms. The summed E-state index contributed by atoms with van der Waals surface area (Å²) in [5.41, 5.74) is 1.26. The quantitative estimate of drug-likeness (QED) is 0.299. The van der Waals surface area contributed by atoms with Crippen LogP contribution < -0.4 is 20.9 Å². The van der Waals surface area contributed by atoms with Crippen molar-refractivity contribution >= 4 is 17.6 Å². The monoisotopic (exact) mass is 373 g/mol. The molecule has 0 aliphatic heterocycles. The van der Waals surface area contributed by atoms with Gasteiger partial charge in [-0.2, -0.15) is 0 Å². The second kappa shape index (κ2) is 12.2. The van der Waals surface area contributed by atoms with Gasteiger partial charge in [-0.25, -0.2) is 0 Å². The predicted molar refractivity (Wildman–Crippen MR) is 113 cm³/mol. The summed E-state index contributed by atoms with van der Waals surface area (Å²) in [6.07, 6.45) is 4.68. The van der Waals surface area contributed by atoms with Crippen LogP contribution in [-0.2, 0) is 4.79 Å². The highest BCUT2D eigenvalue weighted by atomic mass is 16.1. The Morgan fingerprint density at radius 2 is 1.93 bits per heavy atom. The molecule has 0 radical (unpaired) electrons. The van der Waals surface area contributed by atoms with Gasteiger partial charge >= 0.3 is 0 Å². The van der Waals surface area contributed by atoms with Crippen molar-refractivity contribution in [3.05, 3.63) is 30.3 Å². The summed E-state index contributed by atoms with van der Waals surface area (Å²) in [6.45, 7) is 8.60. The van der Waals surface area contributed by atoms with Gasteiger partial charge in [0.15, 0.2) is 5.96 Å². The largest absolute Gasteiger partial charge is 0.372 e. The summed E-state index contributed by atoms with van der Waals surface area (Å²) in [6, 6.07) is 11.0. The molecule has 3 N–H and O–H groups in total. The van der Waals surface area contributed by atoms with Gasteiger partial charge in [0, 0.05) is 50.9 Å².